The number of hydrogen-bond acceptors (Lipinski definition) is 1. The molecule has 2 heteroatoms. The molecule has 0 aromatic rings. The van der Waals surface area contributed by atoms with Crippen molar-refractivity contribution in [2.45, 2.75) is 71.6 Å². The molecular formula is C13H28OSi. The highest BCUT2D eigenvalue weighted by Gasteiger charge is 2.44. The Hall–Kier alpha value is -0.0831. The average molecular weight is 228 g/mol. The van der Waals surface area contributed by atoms with Crippen LogP contribution in [0.2, 0.25) is 11.6 Å². The predicted octanol–water partition coefficient (Wildman–Crippen LogP) is 4.68. The maximum absolute atomic E-state index is 6.40. The fourth-order valence-corrected chi connectivity index (χ4v) is 4.36. The molecule has 0 radical (unpaired) electrons. The molecule has 0 rings (SSSR count). The van der Waals surface area contributed by atoms with Gasteiger partial charge in [0.25, 0.3) is 0 Å². The van der Waals surface area contributed by atoms with Crippen LogP contribution < -0.4 is 0 Å². The molecule has 0 saturated carbocycles. The van der Waals surface area contributed by atoms with Crippen LogP contribution in [0.5, 0.6) is 0 Å². The van der Waals surface area contributed by atoms with Crippen molar-refractivity contribution in [3.63, 3.8) is 0 Å². The van der Waals surface area contributed by atoms with Crippen molar-refractivity contribution in [3.05, 3.63) is 12.3 Å². The SMILES string of the molecule is C=C[Si](C)(OC(C)(C)CC)C(C)(C)CC. The Kier molecular flexibility index (Phi) is 4.81. The predicted molar refractivity (Wildman–Crippen MR) is 71.6 cm³/mol. The van der Waals surface area contributed by atoms with Gasteiger partial charge in [0.1, 0.15) is 0 Å². The molecule has 0 aromatic carbocycles. The highest BCUT2D eigenvalue weighted by Crippen LogP contribution is 2.43. The second-order valence-electron chi connectivity index (χ2n) is 5.76. The van der Waals surface area contributed by atoms with Crippen LogP contribution in [-0.4, -0.2) is 13.9 Å². The molecule has 0 heterocycles. The van der Waals surface area contributed by atoms with Crippen LogP contribution in [0.25, 0.3) is 0 Å². The first-order chi connectivity index (χ1) is 6.64. The van der Waals surface area contributed by atoms with E-state index in [-0.39, 0.29) is 10.6 Å². The van der Waals surface area contributed by atoms with E-state index >= 15 is 0 Å². The topological polar surface area (TPSA) is 9.23 Å². The van der Waals surface area contributed by atoms with Crippen LogP contribution in [0.3, 0.4) is 0 Å². The van der Waals surface area contributed by atoms with Crippen molar-refractivity contribution in [1.82, 2.24) is 0 Å². The van der Waals surface area contributed by atoms with E-state index in [0.29, 0.717) is 0 Å². The van der Waals surface area contributed by atoms with Gasteiger partial charge >= 0.3 is 0 Å². The van der Waals surface area contributed by atoms with Gasteiger partial charge in [-0.25, -0.2) is 0 Å². The van der Waals surface area contributed by atoms with Crippen LogP contribution in [0.1, 0.15) is 54.4 Å². The zero-order valence-corrected chi connectivity index (χ0v) is 12.6. The molecule has 0 spiro atoms. The minimum atomic E-state index is -1.84. The Morgan fingerprint density at radius 1 is 1.13 bits per heavy atom. The Morgan fingerprint density at radius 2 is 1.60 bits per heavy atom. The third-order valence-electron chi connectivity index (χ3n) is 3.96. The highest BCUT2D eigenvalue weighted by atomic mass is 28.4. The van der Waals surface area contributed by atoms with Crippen LogP contribution in [-0.2, 0) is 4.43 Å². The van der Waals surface area contributed by atoms with Crippen molar-refractivity contribution < 1.29 is 4.43 Å². The lowest BCUT2D eigenvalue weighted by Gasteiger charge is -2.44. The molecule has 0 aliphatic rings. The summed E-state index contributed by atoms with van der Waals surface area (Å²) in [4.78, 5) is 0. The molecule has 0 aromatic heterocycles. The van der Waals surface area contributed by atoms with E-state index in [2.05, 4.69) is 60.4 Å². The maximum Gasteiger partial charge on any atom is 0.219 e. The average Bonchev–Trinajstić information content (AvgIpc) is 2.16. The summed E-state index contributed by atoms with van der Waals surface area (Å²) < 4.78 is 6.40. The molecule has 1 unspecified atom stereocenters. The molecule has 15 heavy (non-hydrogen) atoms. The summed E-state index contributed by atoms with van der Waals surface area (Å²) in [6, 6.07) is 0. The largest absolute Gasteiger partial charge is 0.408 e. The quantitative estimate of drug-likeness (QED) is 0.600. The highest BCUT2D eigenvalue weighted by molar-refractivity contribution is 6.80. The van der Waals surface area contributed by atoms with E-state index in [0.717, 1.165) is 12.8 Å². The fourth-order valence-electron chi connectivity index (χ4n) is 1.45. The Bertz CT molecular complexity index is 221. The number of rotatable bonds is 6. The molecule has 0 saturated heterocycles. The Morgan fingerprint density at radius 3 is 1.87 bits per heavy atom. The molecule has 0 N–H and O–H groups in total. The van der Waals surface area contributed by atoms with Gasteiger partial charge in [0.15, 0.2) is 0 Å². The molecule has 0 bridgehead atoms. The van der Waals surface area contributed by atoms with Crippen molar-refractivity contribution in [2.24, 2.45) is 0 Å². The summed E-state index contributed by atoms with van der Waals surface area (Å²) in [6.07, 6.45) is 2.19. The Balaban J connectivity index is 4.96. The summed E-state index contributed by atoms with van der Waals surface area (Å²) >= 11 is 0. The van der Waals surface area contributed by atoms with Crippen molar-refractivity contribution in [2.75, 3.05) is 0 Å². The zero-order valence-electron chi connectivity index (χ0n) is 11.6. The molecule has 1 nitrogen and oxygen atoms in total. The first-order valence-electron chi connectivity index (χ1n) is 5.98. The first kappa shape index (κ1) is 14.9. The van der Waals surface area contributed by atoms with Crippen molar-refractivity contribution in [1.29, 1.82) is 0 Å². The minimum Gasteiger partial charge on any atom is -0.408 e. The van der Waals surface area contributed by atoms with Gasteiger partial charge in [0.05, 0.1) is 5.60 Å². The fraction of sp³-hybridized carbons (Fsp3) is 0.846. The van der Waals surface area contributed by atoms with Crippen molar-refractivity contribution in [3.8, 4) is 0 Å². The van der Waals surface area contributed by atoms with Gasteiger partial charge in [-0.05, 0) is 31.9 Å². The summed E-state index contributed by atoms with van der Waals surface area (Å²) in [5, 5.41) is 0.251. The van der Waals surface area contributed by atoms with Crippen molar-refractivity contribution >= 4 is 8.32 Å². The molecule has 0 aliphatic heterocycles. The summed E-state index contributed by atoms with van der Waals surface area (Å²) in [5.41, 5.74) is 2.06. The van der Waals surface area contributed by atoms with E-state index in [1.165, 1.54) is 0 Å². The minimum absolute atomic E-state index is 0.0262. The lowest BCUT2D eigenvalue weighted by atomic mass is 10.1. The molecule has 0 fully saturated rings. The van der Waals surface area contributed by atoms with Gasteiger partial charge in [-0.2, -0.15) is 0 Å². The Labute approximate surface area is 97.0 Å². The van der Waals surface area contributed by atoms with Crippen LogP contribution in [0.15, 0.2) is 12.3 Å². The lowest BCUT2D eigenvalue weighted by Crippen LogP contribution is -2.49. The van der Waals surface area contributed by atoms with Gasteiger partial charge in [0, 0.05) is 0 Å². The second-order valence-corrected chi connectivity index (χ2v) is 9.94. The molecular weight excluding hydrogens is 200 g/mol. The smallest absolute Gasteiger partial charge is 0.219 e. The van der Waals surface area contributed by atoms with Crippen LogP contribution >= 0.6 is 0 Å². The maximum atomic E-state index is 6.40. The van der Waals surface area contributed by atoms with Crippen LogP contribution in [0, 0.1) is 0 Å². The van der Waals surface area contributed by atoms with E-state index in [1.807, 2.05) is 0 Å². The zero-order chi connectivity index (χ0) is 12.3. The van der Waals surface area contributed by atoms with E-state index in [9.17, 15) is 0 Å². The standard InChI is InChI=1S/C13H28OSi/c1-9-12(4,5)14-15(8,11-3)13(6,7)10-2/h11H,3,9-10H2,1-2,4-8H3. The summed E-state index contributed by atoms with van der Waals surface area (Å²) in [5.74, 6) is 0. The van der Waals surface area contributed by atoms with E-state index in [1.54, 1.807) is 0 Å². The number of hydrogen-bond donors (Lipinski definition) is 0. The molecule has 0 aliphatic carbocycles. The first-order valence-corrected chi connectivity index (χ1v) is 8.46. The molecule has 1 atom stereocenters. The van der Waals surface area contributed by atoms with E-state index < -0.39 is 8.32 Å². The monoisotopic (exact) mass is 228 g/mol. The molecule has 0 amide bonds. The van der Waals surface area contributed by atoms with Gasteiger partial charge in [-0.3, -0.25) is 0 Å². The third kappa shape index (κ3) is 3.46. The van der Waals surface area contributed by atoms with E-state index in [4.69, 9.17) is 4.43 Å². The molecule has 90 valence electrons. The van der Waals surface area contributed by atoms with Gasteiger partial charge in [-0.15, -0.1) is 6.58 Å². The van der Waals surface area contributed by atoms with Crippen LogP contribution in [0.4, 0.5) is 0 Å². The lowest BCUT2D eigenvalue weighted by molar-refractivity contribution is 0.0885. The summed E-state index contributed by atoms with van der Waals surface area (Å²) in [6.45, 7) is 19.6. The summed E-state index contributed by atoms with van der Waals surface area (Å²) in [7, 11) is -1.84. The normalized spacial score (nSPS) is 17.3. The van der Waals surface area contributed by atoms with Gasteiger partial charge < -0.3 is 4.43 Å². The van der Waals surface area contributed by atoms with Gasteiger partial charge in [-0.1, -0.05) is 39.8 Å². The third-order valence-corrected chi connectivity index (χ3v) is 8.75. The second kappa shape index (κ2) is 4.83. The van der Waals surface area contributed by atoms with Gasteiger partial charge in [0.2, 0.25) is 8.32 Å².